The average Bonchev–Trinajstić information content (AvgIpc) is 2.78. The molecule has 1 fully saturated rings. The topological polar surface area (TPSA) is 71.5 Å². The Bertz CT molecular complexity index is 788. The summed E-state index contributed by atoms with van der Waals surface area (Å²) >= 11 is 0. The third-order valence-corrected chi connectivity index (χ3v) is 4.98. The fourth-order valence-electron chi connectivity index (χ4n) is 3.34. The Morgan fingerprint density at radius 3 is 2.41 bits per heavy atom. The fraction of sp³-hybridized carbons (Fsp3) is 0.409. The number of hydrogen-bond donors (Lipinski definition) is 1. The number of aliphatic hydroxyl groups excluding tert-OH is 1. The van der Waals surface area contributed by atoms with E-state index in [1.807, 2.05) is 18.2 Å². The molecule has 1 aliphatic heterocycles. The molecule has 0 bridgehead atoms. The highest BCUT2D eigenvalue weighted by Gasteiger charge is 2.20. The Kier molecular flexibility index (Phi) is 7.32. The van der Waals surface area contributed by atoms with Crippen molar-refractivity contribution in [2.24, 2.45) is 0 Å². The number of ether oxygens (including phenoxy) is 3. The van der Waals surface area contributed by atoms with Crippen molar-refractivity contribution in [1.29, 1.82) is 0 Å². The van der Waals surface area contributed by atoms with E-state index in [4.69, 9.17) is 9.47 Å². The number of carbonyl (C=O) groups excluding carboxylic acids is 1. The third kappa shape index (κ3) is 5.85. The van der Waals surface area contributed by atoms with Crippen molar-refractivity contribution in [2.75, 3.05) is 58.5 Å². The van der Waals surface area contributed by atoms with Gasteiger partial charge in [0.25, 0.3) is 0 Å². The molecule has 2 aromatic rings. The van der Waals surface area contributed by atoms with E-state index in [2.05, 4.69) is 20.6 Å². The van der Waals surface area contributed by atoms with Gasteiger partial charge in [0.2, 0.25) is 0 Å². The molecular formula is C22H28N2O5. The van der Waals surface area contributed by atoms with Crippen LogP contribution in [-0.2, 0) is 4.74 Å². The van der Waals surface area contributed by atoms with Gasteiger partial charge in [0.05, 0.1) is 19.8 Å². The molecule has 2 aromatic carbocycles. The number of esters is 1. The number of hydrogen-bond acceptors (Lipinski definition) is 7. The van der Waals surface area contributed by atoms with Gasteiger partial charge in [0.15, 0.2) is 0 Å². The largest absolute Gasteiger partial charge is 0.497 e. The maximum Gasteiger partial charge on any atom is 0.337 e. The molecule has 1 atom stereocenters. The fourth-order valence-corrected chi connectivity index (χ4v) is 3.34. The van der Waals surface area contributed by atoms with Crippen LogP contribution < -0.4 is 14.4 Å². The number of methoxy groups -OCH3 is 2. The Morgan fingerprint density at radius 1 is 1.03 bits per heavy atom. The van der Waals surface area contributed by atoms with Gasteiger partial charge < -0.3 is 24.2 Å². The molecule has 3 rings (SSSR count). The SMILES string of the molecule is COC(=O)c1ccc(OC[C@@H](O)CN2CCN(c3cccc(OC)c3)CC2)cc1. The van der Waals surface area contributed by atoms with Crippen LogP contribution in [0.15, 0.2) is 48.5 Å². The summed E-state index contributed by atoms with van der Waals surface area (Å²) in [5.41, 5.74) is 1.62. The van der Waals surface area contributed by atoms with E-state index in [0.717, 1.165) is 37.6 Å². The smallest absolute Gasteiger partial charge is 0.337 e. The highest BCUT2D eigenvalue weighted by Crippen LogP contribution is 2.22. The molecule has 1 aliphatic rings. The maximum absolute atomic E-state index is 11.4. The number of anilines is 1. The predicted molar refractivity (Wildman–Crippen MR) is 111 cm³/mol. The summed E-state index contributed by atoms with van der Waals surface area (Å²) < 4.78 is 15.6. The van der Waals surface area contributed by atoms with Gasteiger partial charge in [0.1, 0.15) is 24.2 Å². The van der Waals surface area contributed by atoms with Crippen LogP contribution >= 0.6 is 0 Å². The number of rotatable bonds is 8. The summed E-state index contributed by atoms with van der Waals surface area (Å²) in [6.07, 6.45) is -0.585. The number of nitrogens with zero attached hydrogens (tertiary/aromatic N) is 2. The highest BCUT2D eigenvalue weighted by molar-refractivity contribution is 5.89. The van der Waals surface area contributed by atoms with Gasteiger partial charge in [-0.2, -0.15) is 0 Å². The van der Waals surface area contributed by atoms with Crippen LogP contribution in [0.3, 0.4) is 0 Å². The summed E-state index contributed by atoms with van der Waals surface area (Å²) in [5, 5.41) is 10.3. The summed E-state index contributed by atoms with van der Waals surface area (Å²) in [7, 11) is 3.02. The lowest BCUT2D eigenvalue weighted by atomic mass is 10.2. The van der Waals surface area contributed by atoms with E-state index < -0.39 is 6.10 Å². The molecule has 0 spiro atoms. The first-order chi connectivity index (χ1) is 14.1. The zero-order valence-corrected chi connectivity index (χ0v) is 16.9. The van der Waals surface area contributed by atoms with Gasteiger partial charge in [-0.25, -0.2) is 4.79 Å². The lowest BCUT2D eigenvalue weighted by Gasteiger charge is -2.37. The minimum Gasteiger partial charge on any atom is -0.497 e. The molecule has 7 nitrogen and oxygen atoms in total. The van der Waals surface area contributed by atoms with E-state index in [-0.39, 0.29) is 12.6 Å². The lowest BCUT2D eigenvalue weighted by molar-refractivity contribution is 0.0599. The maximum atomic E-state index is 11.4. The second-order valence-electron chi connectivity index (χ2n) is 6.97. The number of carbonyl (C=O) groups is 1. The Hall–Kier alpha value is -2.77. The van der Waals surface area contributed by atoms with Crippen LogP contribution in [0.4, 0.5) is 5.69 Å². The van der Waals surface area contributed by atoms with Crippen molar-refractivity contribution in [3.8, 4) is 11.5 Å². The number of β-amino-alcohol motifs (C(OH)–C–C–N with tert-alkyl or cyclic N) is 1. The van der Waals surface area contributed by atoms with E-state index in [9.17, 15) is 9.90 Å². The second-order valence-corrected chi connectivity index (χ2v) is 6.97. The molecule has 0 amide bonds. The molecule has 7 heteroatoms. The van der Waals surface area contributed by atoms with Crippen molar-refractivity contribution in [1.82, 2.24) is 4.90 Å². The number of aliphatic hydroxyl groups is 1. The van der Waals surface area contributed by atoms with E-state index in [1.54, 1.807) is 31.4 Å². The standard InChI is InChI=1S/C22H28N2O5/c1-27-21-5-3-4-18(14-21)24-12-10-23(11-13-24)15-19(25)16-29-20-8-6-17(7-9-20)22(26)28-2/h3-9,14,19,25H,10-13,15-16H2,1-2H3/t19-/m0/s1. The van der Waals surface area contributed by atoms with Gasteiger partial charge in [-0.3, -0.25) is 4.90 Å². The monoisotopic (exact) mass is 400 g/mol. The van der Waals surface area contributed by atoms with Gasteiger partial charge in [-0.15, -0.1) is 0 Å². The summed E-state index contributed by atoms with van der Waals surface area (Å²) in [4.78, 5) is 16.0. The van der Waals surface area contributed by atoms with Crippen molar-refractivity contribution in [3.63, 3.8) is 0 Å². The van der Waals surface area contributed by atoms with Gasteiger partial charge >= 0.3 is 5.97 Å². The van der Waals surface area contributed by atoms with Crippen LogP contribution in [-0.4, -0.2) is 75.6 Å². The highest BCUT2D eigenvalue weighted by atomic mass is 16.5. The molecule has 0 aliphatic carbocycles. The molecule has 29 heavy (non-hydrogen) atoms. The molecule has 1 heterocycles. The summed E-state index contributed by atoms with van der Waals surface area (Å²) in [5.74, 6) is 1.08. The quantitative estimate of drug-likeness (QED) is 0.680. The Morgan fingerprint density at radius 2 is 1.76 bits per heavy atom. The molecule has 1 N–H and O–H groups in total. The molecule has 156 valence electrons. The first-order valence-electron chi connectivity index (χ1n) is 9.69. The second kappa shape index (κ2) is 10.1. The molecular weight excluding hydrogens is 372 g/mol. The summed E-state index contributed by atoms with van der Waals surface area (Å²) in [6, 6.07) is 14.8. The van der Waals surface area contributed by atoms with E-state index in [1.165, 1.54) is 7.11 Å². The van der Waals surface area contributed by atoms with Crippen LogP contribution in [0.5, 0.6) is 11.5 Å². The van der Waals surface area contributed by atoms with Crippen LogP contribution in [0.2, 0.25) is 0 Å². The van der Waals surface area contributed by atoms with Crippen molar-refractivity contribution < 1.29 is 24.1 Å². The van der Waals surface area contributed by atoms with E-state index in [0.29, 0.717) is 17.9 Å². The van der Waals surface area contributed by atoms with Crippen molar-refractivity contribution in [3.05, 3.63) is 54.1 Å². The lowest BCUT2D eigenvalue weighted by Crippen LogP contribution is -2.49. The average molecular weight is 400 g/mol. The van der Waals surface area contributed by atoms with E-state index >= 15 is 0 Å². The number of benzene rings is 2. The zero-order chi connectivity index (χ0) is 20.6. The first-order valence-corrected chi connectivity index (χ1v) is 9.69. The van der Waals surface area contributed by atoms with Gasteiger partial charge in [-0.1, -0.05) is 6.07 Å². The van der Waals surface area contributed by atoms with Crippen molar-refractivity contribution >= 4 is 11.7 Å². The molecule has 0 aromatic heterocycles. The first kappa shape index (κ1) is 21.0. The predicted octanol–water partition coefficient (Wildman–Crippen LogP) is 2.04. The zero-order valence-electron chi connectivity index (χ0n) is 16.9. The third-order valence-electron chi connectivity index (χ3n) is 4.98. The minimum atomic E-state index is -0.585. The normalized spacial score (nSPS) is 15.6. The minimum absolute atomic E-state index is 0.202. The number of piperazine rings is 1. The van der Waals surface area contributed by atoms with Gasteiger partial charge in [-0.05, 0) is 36.4 Å². The summed E-state index contributed by atoms with van der Waals surface area (Å²) in [6.45, 7) is 4.32. The molecule has 0 unspecified atom stereocenters. The Labute approximate surface area is 171 Å². The molecule has 0 saturated carbocycles. The van der Waals surface area contributed by atoms with Crippen molar-refractivity contribution in [2.45, 2.75) is 6.10 Å². The Balaban J connectivity index is 1.41. The molecule has 1 saturated heterocycles. The molecule has 0 radical (unpaired) electrons. The van der Waals surface area contributed by atoms with Gasteiger partial charge in [0, 0.05) is 44.5 Å². The van der Waals surface area contributed by atoms with Crippen LogP contribution in [0, 0.1) is 0 Å². The van der Waals surface area contributed by atoms with Crippen LogP contribution in [0.1, 0.15) is 10.4 Å². The van der Waals surface area contributed by atoms with Crippen LogP contribution in [0.25, 0.3) is 0 Å².